The molecule has 0 saturated heterocycles. The predicted octanol–water partition coefficient (Wildman–Crippen LogP) is 1.27. The highest BCUT2D eigenvalue weighted by Crippen LogP contribution is 2.27. The number of amides is 2. The number of rotatable bonds is 3. The molecule has 102 valence electrons. The van der Waals surface area contributed by atoms with Gasteiger partial charge < -0.3 is 16.0 Å². The Bertz CT molecular complexity index is 511. The zero-order valence-corrected chi connectivity index (χ0v) is 11.3. The second-order valence-electron chi connectivity index (χ2n) is 5.02. The van der Waals surface area contributed by atoms with E-state index >= 15 is 0 Å². The number of hydrogen-bond donors (Lipinski definition) is 2. The molecular weight excluding hydrogens is 242 g/mol. The van der Waals surface area contributed by atoms with Crippen molar-refractivity contribution in [3.05, 3.63) is 23.8 Å². The fourth-order valence-corrected chi connectivity index (χ4v) is 2.13. The maximum absolute atomic E-state index is 12.0. The van der Waals surface area contributed by atoms with Crippen molar-refractivity contribution in [3.8, 4) is 0 Å². The summed E-state index contributed by atoms with van der Waals surface area (Å²) in [5, 5.41) is 2.83. The molecule has 1 unspecified atom stereocenters. The topological polar surface area (TPSA) is 75.4 Å². The minimum atomic E-state index is -0.146. The first-order valence-electron chi connectivity index (χ1n) is 6.42. The number of benzene rings is 1. The number of hydrogen-bond acceptors (Lipinski definition) is 3. The van der Waals surface area contributed by atoms with Gasteiger partial charge in [0.05, 0.1) is 0 Å². The summed E-state index contributed by atoms with van der Waals surface area (Å²) in [6.45, 7) is 1.81. The molecule has 1 aliphatic heterocycles. The largest absolute Gasteiger partial charge is 0.327 e. The molecule has 0 aliphatic carbocycles. The van der Waals surface area contributed by atoms with E-state index in [1.165, 1.54) is 0 Å². The van der Waals surface area contributed by atoms with Gasteiger partial charge in [-0.3, -0.25) is 9.59 Å². The first kappa shape index (κ1) is 13.5. The van der Waals surface area contributed by atoms with Gasteiger partial charge >= 0.3 is 0 Å². The number of nitrogens with one attached hydrogen (secondary N) is 1. The van der Waals surface area contributed by atoms with Crippen LogP contribution in [0.3, 0.4) is 0 Å². The number of carbonyl (C=O) groups excluding carboxylic acids is 2. The quantitative estimate of drug-likeness (QED) is 0.860. The fraction of sp³-hybridized carbons (Fsp3) is 0.429. The zero-order chi connectivity index (χ0) is 14.0. The van der Waals surface area contributed by atoms with Crippen LogP contribution < -0.4 is 16.0 Å². The Morgan fingerprint density at radius 3 is 2.89 bits per heavy atom. The third kappa shape index (κ3) is 3.12. The summed E-state index contributed by atoms with van der Waals surface area (Å²) >= 11 is 0. The summed E-state index contributed by atoms with van der Waals surface area (Å²) in [6.07, 6.45) is 1.53. The maximum Gasteiger partial charge on any atom is 0.228 e. The van der Waals surface area contributed by atoms with Gasteiger partial charge in [-0.2, -0.15) is 0 Å². The van der Waals surface area contributed by atoms with Crippen molar-refractivity contribution < 1.29 is 9.59 Å². The van der Waals surface area contributed by atoms with E-state index in [9.17, 15) is 9.59 Å². The van der Waals surface area contributed by atoms with E-state index in [2.05, 4.69) is 5.32 Å². The van der Waals surface area contributed by atoms with Crippen molar-refractivity contribution in [3.63, 3.8) is 0 Å². The smallest absolute Gasteiger partial charge is 0.228 e. The van der Waals surface area contributed by atoms with Crippen molar-refractivity contribution in [1.29, 1.82) is 0 Å². The van der Waals surface area contributed by atoms with E-state index in [0.29, 0.717) is 19.3 Å². The van der Waals surface area contributed by atoms with E-state index in [4.69, 9.17) is 5.73 Å². The molecule has 1 aliphatic rings. The highest BCUT2D eigenvalue weighted by molar-refractivity contribution is 5.96. The molecule has 1 aromatic rings. The summed E-state index contributed by atoms with van der Waals surface area (Å²) < 4.78 is 0. The van der Waals surface area contributed by atoms with Crippen molar-refractivity contribution in [2.24, 2.45) is 5.73 Å². The number of carbonyl (C=O) groups is 2. The third-order valence-corrected chi connectivity index (χ3v) is 3.24. The third-order valence-electron chi connectivity index (χ3n) is 3.24. The zero-order valence-electron chi connectivity index (χ0n) is 11.3. The van der Waals surface area contributed by atoms with Gasteiger partial charge in [0.25, 0.3) is 0 Å². The maximum atomic E-state index is 12.0. The molecule has 1 heterocycles. The van der Waals surface area contributed by atoms with Crippen LogP contribution >= 0.6 is 0 Å². The Morgan fingerprint density at radius 2 is 2.21 bits per heavy atom. The molecule has 19 heavy (non-hydrogen) atoms. The summed E-state index contributed by atoms with van der Waals surface area (Å²) in [7, 11) is 1.74. The second-order valence-corrected chi connectivity index (χ2v) is 5.02. The number of nitrogens with zero attached hydrogens (tertiary/aromatic N) is 1. The Hall–Kier alpha value is -1.88. The SMILES string of the molecule is CC(N)CC(=O)N(C)c1ccc2c(c1)CCC(=O)N2. The molecule has 1 atom stereocenters. The molecule has 0 radical (unpaired) electrons. The van der Waals surface area contributed by atoms with Crippen LogP contribution in [0.2, 0.25) is 0 Å². The summed E-state index contributed by atoms with van der Waals surface area (Å²) in [5.41, 5.74) is 8.38. The van der Waals surface area contributed by atoms with Crippen LogP contribution in [-0.4, -0.2) is 24.9 Å². The van der Waals surface area contributed by atoms with E-state index in [1.807, 2.05) is 25.1 Å². The van der Waals surface area contributed by atoms with Gasteiger partial charge in [0.15, 0.2) is 0 Å². The number of aryl methyl sites for hydroxylation is 1. The summed E-state index contributed by atoms with van der Waals surface area (Å²) in [5.74, 6) is 0.0384. The minimum Gasteiger partial charge on any atom is -0.327 e. The Labute approximate surface area is 112 Å². The van der Waals surface area contributed by atoms with E-state index < -0.39 is 0 Å². The van der Waals surface area contributed by atoms with Crippen LogP contribution in [0.1, 0.15) is 25.3 Å². The van der Waals surface area contributed by atoms with E-state index in [-0.39, 0.29) is 17.9 Å². The van der Waals surface area contributed by atoms with Gasteiger partial charge in [0.2, 0.25) is 11.8 Å². The van der Waals surface area contributed by atoms with Crippen molar-refractivity contribution in [2.45, 2.75) is 32.2 Å². The predicted molar refractivity (Wildman–Crippen MR) is 75.1 cm³/mol. The van der Waals surface area contributed by atoms with Crippen LogP contribution in [0.15, 0.2) is 18.2 Å². The van der Waals surface area contributed by atoms with E-state index in [0.717, 1.165) is 16.9 Å². The normalized spacial score (nSPS) is 15.4. The molecule has 1 aromatic carbocycles. The molecule has 5 heteroatoms. The first-order chi connectivity index (χ1) is 8.97. The van der Waals surface area contributed by atoms with Gasteiger partial charge in [-0.1, -0.05) is 0 Å². The molecular formula is C14H19N3O2. The number of anilines is 2. The highest BCUT2D eigenvalue weighted by atomic mass is 16.2. The lowest BCUT2D eigenvalue weighted by atomic mass is 10.0. The summed E-state index contributed by atoms with van der Waals surface area (Å²) in [6, 6.07) is 5.49. The lowest BCUT2D eigenvalue weighted by Gasteiger charge is -2.22. The standard InChI is InChI=1S/C14H19N3O2/c1-9(15)7-14(19)17(2)11-4-5-12-10(8-11)3-6-13(18)16-12/h4-5,8-9H,3,6-7,15H2,1-2H3,(H,16,18). The molecule has 0 spiro atoms. The van der Waals surface area contributed by atoms with Crippen LogP contribution in [0.4, 0.5) is 11.4 Å². The fourth-order valence-electron chi connectivity index (χ4n) is 2.13. The van der Waals surface area contributed by atoms with E-state index in [1.54, 1.807) is 11.9 Å². The Morgan fingerprint density at radius 1 is 1.47 bits per heavy atom. The average Bonchev–Trinajstić information content (AvgIpc) is 2.36. The van der Waals surface area contributed by atoms with Gasteiger partial charge in [-0.25, -0.2) is 0 Å². The number of nitrogens with two attached hydrogens (primary N) is 1. The average molecular weight is 261 g/mol. The number of fused-ring (bicyclic) bond motifs is 1. The molecule has 0 bridgehead atoms. The lowest BCUT2D eigenvalue weighted by molar-refractivity contribution is -0.118. The molecule has 0 fully saturated rings. The van der Waals surface area contributed by atoms with Gasteiger partial charge in [0.1, 0.15) is 0 Å². The molecule has 2 rings (SSSR count). The Balaban J connectivity index is 2.18. The van der Waals surface area contributed by atoms with Crippen molar-refractivity contribution in [2.75, 3.05) is 17.3 Å². The first-order valence-corrected chi connectivity index (χ1v) is 6.42. The molecule has 5 nitrogen and oxygen atoms in total. The molecule has 0 aromatic heterocycles. The van der Waals surface area contributed by atoms with Crippen LogP contribution in [0.25, 0.3) is 0 Å². The lowest BCUT2D eigenvalue weighted by Crippen LogP contribution is -2.32. The highest BCUT2D eigenvalue weighted by Gasteiger charge is 2.18. The molecule has 0 saturated carbocycles. The van der Waals surface area contributed by atoms with Gasteiger partial charge in [0, 0.05) is 37.3 Å². The van der Waals surface area contributed by atoms with Gasteiger partial charge in [-0.15, -0.1) is 0 Å². The molecule has 2 amide bonds. The van der Waals surface area contributed by atoms with Crippen LogP contribution in [0, 0.1) is 0 Å². The minimum absolute atomic E-state index is 0.00482. The monoisotopic (exact) mass is 261 g/mol. The van der Waals surface area contributed by atoms with Crippen LogP contribution in [-0.2, 0) is 16.0 Å². The van der Waals surface area contributed by atoms with Crippen LogP contribution in [0.5, 0.6) is 0 Å². The van der Waals surface area contributed by atoms with Crippen molar-refractivity contribution >= 4 is 23.2 Å². The van der Waals surface area contributed by atoms with Gasteiger partial charge in [-0.05, 0) is 37.1 Å². The molecule has 3 N–H and O–H groups in total. The summed E-state index contributed by atoms with van der Waals surface area (Å²) in [4.78, 5) is 24.8. The van der Waals surface area contributed by atoms with Crippen molar-refractivity contribution in [1.82, 2.24) is 0 Å². The Kier molecular flexibility index (Phi) is 3.85. The second kappa shape index (κ2) is 5.40.